The zero-order chi connectivity index (χ0) is 10.1. The van der Waals surface area contributed by atoms with E-state index < -0.39 is 0 Å². The smallest absolute Gasteiger partial charge is 0.320 e. The third kappa shape index (κ3) is 1.71. The first kappa shape index (κ1) is 9.77. The predicted octanol–water partition coefficient (Wildman–Crippen LogP) is 0.624. The van der Waals surface area contributed by atoms with Crippen LogP contribution in [-0.2, 0) is 0 Å². The summed E-state index contributed by atoms with van der Waals surface area (Å²) in [4.78, 5) is 15.8. The first-order valence-corrected chi connectivity index (χ1v) is 5.47. The number of carbonyl (C=O) groups excluding carboxylic acids is 1. The normalized spacial score (nSPS) is 26.7. The highest BCUT2D eigenvalue weighted by Gasteiger charge is 2.35. The lowest BCUT2D eigenvalue weighted by Crippen LogP contribution is -2.46. The van der Waals surface area contributed by atoms with E-state index in [9.17, 15) is 4.79 Å². The molecule has 0 radical (unpaired) electrons. The van der Waals surface area contributed by atoms with Gasteiger partial charge in [-0.1, -0.05) is 0 Å². The second kappa shape index (κ2) is 3.77. The number of urea groups is 1. The van der Waals surface area contributed by atoms with Crippen molar-refractivity contribution in [2.75, 3.05) is 20.1 Å². The van der Waals surface area contributed by atoms with Gasteiger partial charge in [0.15, 0.2) is 0 Å². The van der Waals surface area contributed by atoms with Crippen LogP contribution in [0.1, 0.15) is 25.7 Å². The standard InChI is InChI=1S/C10H19N3O/c1-12(8-4-5-8)10(14)13-6-2-3-9(13)7-11/h8-9H,2-7,11H2,1H3. The van der Waals surface area contributed by atoms with Crippen LogP contribution < -0.4 is 5.73 Å². The summed E-state index contributed by atoms with van der Waals surface area (Å²) in [5.41, 5.74) is 5.64. The molecule has 1 atom stereocenters. The van der Waals surface area contributed by atoms with Gasteiger partial charge in [0, 0.05) is 32.2 Å². The van der Waals surface area contributed by atoms with Crippen molar-refractivity contribution in [1.29, 1.82) is 0 Å². The first-order chi connectivity index (χ1) is 6.74. The maximum Gasteiger partial charge on any atom is 0.320 e. The van der Waals surface area contributed by atoms with Crippen molar-refractivity contribution in [2.45, 2.75) is 37.8 Å². The molecule has 2 rings (SSSR count). The van der Waals surface area contributed by atoms with Gasteiger partial charge in [-0.2, -0.15) is 0 Å². The van der Waals surface area contributed by atoms with Crippen LogP contribution in [0.4, 0.5) is 4.79 Å². The fourth-order valence-electron chi connectivity index (χ4n) is 2.15. The number of nitrogens with two attached hydrogens (primary N) is 1. The van der Waals surface area contributed by atoms with E-state index in [0.717, 1.165) is 19.4 Å². The molecule has 80 valence electrons. The van der Waals surface area contributed by atoms with E-state index >= 15 is 0 Å². The van der Waals surface area contributed by atoms with E-state index in [4.69, 9.17) is 5.73 Å². The third-order valence-electron chi connectivity index (χ3n) is 3.29. The average Bonchev–Trinajstić information content (AvgIpc) is 2.94. The molecule has 4 heteroatoms. The maximum atomic E-state index is 12.0. The molecular formula is C10H19N3O. The van der Waals surface area contributed by atoms with E-state index in [1.807, 2.05) is 16.8 Å². The van der Waals surface area contributed by atoms with Crippen LogP contribution in [0.15, 0.2) is 0 Å². The fraction of sp³-hybridized carbons (Fsp3) is 0.900. The summed E-state index contributed by atoms with van der Waals surface area (Å²) in [6.45, 7) is 1.49. The monoisotopic (exact) mass is 197 g/mol. The summed E-state index contributed by atoms with van der Waals surface area (Å²) in [6, 6.07) is 0.964. The maximum absolute atomic E-state index is 12.0. The van der Waals surface area contributed by atoms with Crippen molar-refractivity contribution in [3.05, 3.63) is 0 Å². The molecule has 1 aliphatic heterocycles. The number of rotatable bonds is 2. The number of nitrogens with zero attached hydrogens (tertiary/aromatic N) is 2. The number of carbonyl (C=O) groups is 1. The number of likely N-dealkylation sites (tertiary alicyclic amines) is 1. The van der Waals surface area contributed by atoms with E-state index in [2.05, 4.69) is 0 Å². The summed E-state index contributed by atoms with van der Waals surface area (Å²) < 4.78 is 0. The topological polar surface area (TPSA) is 49.6 Å². The lowest BCUT2D eigenvalue weighted by atomic mass is 10.2. The highest BCUT2D eigenvalue weighted by molar-refractivity contribution is 5.75. The molecule has 1 heterocycles. The van der Waals surface area contributed by atoms with Gasteiger partial charge in [0.1, 0.15) is 0 Å². The Morgan fingerprint density at radius 2 is 2.21 bits per heavy atom. The predicted molar refractivity (Wildman–Crippen MR) is 55.0 cm³/mol. The Labute approximate surface area is 85.0 Å². The van der Waals surface area contributed by atoms with Gasteiger partial charge >= 0.3 is 6.03 Å². The molecule has 1 aliphatic carbocycles. The molecule has 14 heavy (non-hydrogen) atoms. The molecule has 0 aromatic carbocycles. The molecule has 0 aromatic heterocycles. The van der Waals surface area contributed by atoms with Gasteiger partial charge in [0.2, 0.25) is 0 Å². The van der Waals surface area contributed by atoms with Crippen LogP contribution in [0.3, 0.4) is 0 Å². The molecule has 1 saturated carbocycles. The minimum Gasteiger partial charge on any atom is -0.328 e. The first-order valence-electron chi connectivity index (χ1n) is 5.47. The Hall–Kier alpha value is -0.770. The quantitative estimate of drug-likeness (QED) is 0.705. The van der Waals surface area contributed by atoms with Gasteiger partial charge in [-0.15, -0.1) is 0 Å². The molecule has 2 amide bonds. The average molecular weight is 197 g/mol. The van der Waals surface area contributed by atoms with Gasteiger partial charge in [-0.3, -0.25) is 0 Å². The van der Waals surface area contributed by atoms with Crippen molar-refractivity contribution in [3.63, 3.8) is 0 Å². The minimum absolute atomic E-state index is 0.181. The van der Waals surface area contributed by atoms with E-state index in [0.29, 0.717) is 12.6 Å². The van der Waals surface area contributed by atoms with Crippen molar-refractivity contribution in [3.8, 4) is 0 Å². The Balaban J connectivity index is 1.95. The highest BCUT2D eigenvalue weighted by Crippen LogP contribution is 2.28. The van der Waals surface area contributed by atoms with Crippen LogP contribution in [0, 0.1) is 0 Å². The molecular weight excluding hydrogens is 178 g/mol. The SMILES string of the molecule is CN(C(=O)N1CCCC1CN)C1CC1. The fourth-order valence-corrected chi connectivity index (χ4v) is 2.15. The zero-order valence-corrected chi connectivity index (χ0v) is 8.78. The molecule has 0 bridgehead atoms. The van der Waals surface area contributed by atoms with Crippen LogP contribution in [0.25, 0.3) is 0 Å². The number of hydrogen-bond donors (Lipinski definition) is 1. The lowest BCUT2D eigenvalue weighted by Gasteiger charge is -2.28. The van der Waals surface area contributed by atoms with Crippen LogP contribution in [-0.4, -0.2) is 48.1 Å². The van der Waals surface area contributed by atoms with Crippen LogP contribution in [0.5, 0.6) is 0 Å². The summed E-state index contributed by atoms with van der Waals surface area (Å²) in [7, 11) is 1.91. The molecule has 2 N–H and O–H groups in total. The Bertz CT molecular complexity index is 227. The summed E-state index contributed by atoms with van der Waals surface area (Å²) in [5.74, 6) is 0. The van der Waals surface area contributed by atoms with Gasteiger partial charge in [-0.25, -0.2) is 4.79 Å². The largest absolute Gasteiger partial charge is 0.328 e. The Morgan fingerprint density at radius 3 is 2.79 bits per heavy atom. The molecule has 1 saturated heterocycles. The molecule has 0 spiro atoms. The Morgan fingerprint density at radius 1 is 1.50 bits per heavy atom. The van der Waals surface area contributed by atoms with Crippen LogP contribution >= 0.6 is 0 Å². The van der Waals surface area contributed by atoms with E-state index in [1.165, 1.54) is 12.8 Å². The second-order valence-corrected chi connectivity index (χ2v) is 4.35. The lowest BCUT2D eigenvalue weighted by molar-refractivity contribution is 0.156. The second-order valence-electron chi connectivity index (χ2n) is 4.35. The van der Waals surface area contributed by atoms with Gasteiger partial charge < -0.3 is 15.5 Å². The molecule has 1 unspecified atom stereocenters. The van der Waals surface area contributed by atoms with Crippen LogP contribution in [0.2, 0.25) is 0 Å². The van der Waals surface area contributed by atoms with E-state index in [-0.39, 0.29) is 12.1 Å². The van der Waals surface area contributed by atoms with Gasteiger partial charge in [-0.05, 0) is 25.7 Å². The van der Waals surface area contributed by atoms with Gasteiger partial charge in [0.25, 0.3) is 0 Å². The van der Waals surface area contributed by atoms with Crippen molar-refractivity contribution >= 4 is 6.03 Å². The molecule has 2 fully saturated rings. The molecule has 2 aliphatic rings. The van der Waals surface area contributed by atoms with Crippen molar-refractivity contribution in [1.82, 2.24) is 9.80 Å². The zero-order valence-electron chi connectivity index (χ0n) is 8.78. The highest BCUT2D eigenvalue weighted by atomic mass is 16.2. The third-order valence-corrected chi connectivity index (χ3v) is 3.29. The number of amides is 2. The van der Waals surface area contributed by atoms with E-state index in [1.54, 1.807) is 0 Å². The van der Waals surface area contributed by atoms with Crippen molar-refractivity contribution < 1.29 is 4.79 Å². The molecule has 0 aromatic rings. The summed E-state index contributed by atoms with van der Waals surface area (Å²) >= 11 is 0. The summed E-state index contributed by atoms with van der Waals surface area (Å²) in [6.07, 6.45) is 4.51. The van der Waals surface area contributed by atoms with Crippen molar-refractivity contribution in [2.24, 2.45) is 5.73 Å². The van der Waals surface area contributed by atoms with Gasteiger partial charge in [0.05, 0.1) is 0 Å². The summed E-state index contributed by atoms with van der Waals surface area (Å²) in [5, 5.41) is 0. The molecule has 4 nitrogen and oxygen atoms in total. The number of hydrogen-bond acceptors (Lipinski definition) is 2. The Kier molecular flexibility index (Phi) is 2.63. The minimum atomic E-state index is 0.181.